The molecule has 5 heteroatoms. The summed E-state index contributed by atoms with van der Waals surface area (Å²) in [6, 6.07) is 12.4. The van der Waals surface area contributed by atoms with Gasteiger partial charge in [-0.15, -0.1) is 0 Å². The fourth-order valence-corrected chi connectivity index (χ4v) is 2.08. The molecule has 21 heavy (non-hydrogen) atoms. The highest BCUT2D eigenvalue weighted by molar-refractivity contribution is 6.08. The predicted molar refractivity (Wildman–Crippen MR) is 77.8 cm³/mol. The third kappa shape index (κ3) is 2.53. The Hall–Kier alpha value is -2.95. The molecule has 2 aromatic carbocycles. The number of phenols is 1. The van der Waals surface area contributed by atoms with Crippen LogP contribution in [0, 0.1) is 5.82 Å². The summed E-state index contributed by atoms with van der Waals surface area (Å²) in [5, 5.41) is 12.7. The standard InChI is InChI=1S/C16H11FN2O2/c17-13-9-11(20)6-7-12(13)16(21)19-14-5-1-3-10-4-2-8-18-15(10)14/h1-9,20H,(H,19,21). The SMILES string of the molecule is O=C(Nc1cccc2cccnc12)c1ccc(O)cc1F. The van der Waals surface area contributed by atoms with Crippen molar-refractivity contribution < 1.29 is 14.3 Å². The number of para-hydroxylation sites is 1. The molecule has 3 rings (SSSR count). The van der Waals surface area contributed by atoms with Crippen LogP contribution in [0.25, 0.3) is 10.9 Å². The van der Waals surface area contributed by atoms with Crippen LogP contribution in [0.2, 0.25) is 0 Å². The number of rotatable bonds is 2. The lowest BCUT2D eigenvalue weighted by atomic mass is 10.1. The van der Waals surface area contributed by atoms with Crippen molar-refractivity contribution >= 4 is 22.5 Å². The van der Waals surface area contributed by atoms with Crippen LogP contribution < -0.4 is 5.32 Å². The topological polar surface area (TPSA) is 62.2 Å². The summed E-state index contributed by atoms with van der Waals surface area (Å²) in [5.74, 6) is -1.60. The van der Waals surface area contributed by atoms with Crippen molar-refractivity contribution in [2.75, 3.05) is 5.32 Å². The van der Waals surface area contributed by atoms with E-state index in [2.05, 4.69) is 10.3 Å². The molecule has 0 unspecified atom stereocenters. The van der Waals surface area contributed by atoms with Gasteiger partial charge in [-0.1, -0.05) is 18.2 Å². The summed E-state index contributed by atoms with van der Waals surface area (Å²) in [7, 11) is 0. The van der Waals surface area contributed by atoms with E-state index in [0.717, 1.165) is 11.5 Å². The quantitative estimate of drug-likeness (QED) is 0.757. The monoisotopic (exact) mass is 282 g/mol. The maximum absolute atomic E-state index is 13.7. The van der Waals surface area contributed by atoms with Crippen LogP contribution in [0.1, 0.15) is 10.4 Å². The summed E-state index contributed by atoms with van der Waals surface area (Å²) < 4.78 is 13.7. The minimum atomic E-state index is -0.777. The van der Waals surface area contributed by atoms with Gasteiger partial charge in [0, 0.05) is 17.6 Å². The first-order valence-electron chi connectivity index (χ1n) is 6.29. The molecular weight excluding hydrogens is 271 g/mol. The molecule has 0 saturated carbocycles. The molecule has 0 aliphatic rings. The fourth-order valence-electron chi connectivity index (χ4n) is 2.08. The van der Waals surface area contributed by atoms with Crippen molar-refractivity contribution in [3.8, 4) is 5.75 Å². The molecule has 4 nitrogen and oxygen atoms in total. The number of amides is 1. The van der Waals surface area contributed by atoms with Crippen molar-refractivity contribution in [2.45, 2.75) is 0 Å². The van der Waals surface area contributed by atoms with E-state index >= 15 is 0 Å². The normalized spacial score (nSPS) is 10.5. The number of carbonyl (C=O) groups is 1. The van der Waals surface area contributed by atoms with Crippen LogP contribution in [0.5, 0.6) is 5.75 Å². The molecular formula is C16H11FN2O2. The first-order valence-corrected chi connectivity index (χ1v) is 6.29. The van der Waals surface area contributed by atoms with Crippen molar-refractivity contribution in [3.05, 3.63) is 66.1 Å². The summed E-state index contributed by atoms with van der Waals surface area (Å²) in [6.07, 6.45) is 1.62. The van der Waals surface area contributed by atoms with Gasteiger partial charge in [-0.3, -0.25) is 9.78 Å². The number of pyridine rings is 1. The Balaban J connectivity index is 1.97. The maximum Gasteiger partial charge on any atom is 0.258 e. The van der Waals surface area contributed by atoms with Gasteiger partial charge in [0.05, 0.1) is 16.8 Å². The van der Waals surface area contributed by atoms with Crippen molar-refractivity contribution in [3.63, 3.8) is 0 Å². The second-order valence-electron chi connectivity index (χ2n) is 4.50. The number of nitrogens with one attached hydrogen (secondary N) is 1. The van der Waals surface area contributed by atoms with Gasteiger partial charge in [0.2, 0.25) is 0 Å². The van der Waals surface area contributed by atoms with Crippen molar-refractivity contribution in [1.82, 2.24) is 4.98 Å². The van der Waals surface area contributed by atoms with E-state index in [9.17, 15) is 9.18 Å². The van der Waals surface area contributed by atoms with Crippen molar-refractivity contribution in [2.24, 2.45) is 0 Å². The predicted octanol–water partition coefficient (Wildman–Crippen LogP) is 3.33. The number of hydrogen-bond acceptors (Lipinski definition) is 3. The van der Waals surface area contributed by atoms with Crippen LogP contribution in [0.3, 0.4) is 0 Å². The largest absolute Gasteiger partial charge is 0.508 e. The Labute approximate surface area is 119 Å². The van der Waals surface area contributed by atoms with Gasteiger partial charge in [-0.05, 0) is 24.3 Å². The number of anilines is 1. The van der Waals surface area contributed by atoms with E-state index in [1.807, 2.05) is 12.1 Å². The van der Waals surface area contributed by atoms with E-state index in [0.29, 0.717) is 11.2 Å². The summed E-state index contributed by atoms with van der Waals surface area (Å²) in [6.45, 7) is 0. The third-order valence-corrected chi connectivity index (χ3v) is 3.08. The maximum atomic E-state index is 13.7. The van der Waals surface area contributed by atoms with Crippen molar-refractivity contribution in [1.29, 1.82) is 0 Å². The number of benzene rings is 2. The Morgan fingerprint density at radius 2 is 1.95 bits per heavy atom. The highest BCUT2D eigenvalue weighted by Crippen LogP contribution is 2.22. The first-order chi connectivity index (χ1) is 10.1. The minimum absolute atomic E-state index is 0.138. The molecule has 0 aliphatic heterocycles. The van der Waals surface area contributed by atoms with Gasteiger partial charge >= 0.3 is 0 Å². The Kier molecular flexibility index (Phi) is 3.23. The number of halogens is 1. The fraction of sp³-hybridized carbons (Fsp3) is 0. The lowest BCUT2D eigenvalue weighted by molar-refractivity contribution is 0.102. The number of aromatic nitrogens is 1. The minimum Gasteiger partial charge on any atom is -0.508 e. The molecule has 0 spiro atoms. The second-order valence-corrected chi connectivity index (χ2v) is 4.50. The molecule has 0 saturated heterocycles. The molecule has 1 amide bonds. The number of carbonyl (C=O) groups excluding carboxylic acids is 1. The van der Waals surface area contributed by atoms with E-state index in [1.54, 1.807) is 24.4 Å². The zero-order valence-corrected chi connectivity index (χ0v) is 10.9. The number of phenolic OH excluding ortho intramolecular Hbond substituents is 1. The summed E-state index contributed by atoms with van der Waals surface area (Å²) >= 11 is 0. The van der Waals surface area contributed by atoms with E-state index in [1.165, 1.54) is 12.1 Å². The number of nitrogens with zero attached hydrogens (tertiary/aromatic N) is 1. The lowest BCUT2D eigenvalue weighted by Gasteiger charge is -2.08. The van der Waals surface area contributed by atoms with Gasteiger partial charge in [-0.2, -0.15) is 0 Å². The van der Waals surface area contributed by atoms with Crippen LogP contribution in [0.15, 0.2) is 54.7 Å². The summed E-state index contributed by atoms with van der Waals surface area (Å²) in [4.78, 5) is 16.3. The molecule has 3 aromatic rings. The molecule has 0 radical (unpaired) electrons. The first kappa shape index (κ1) is 13.1. The zero-order valence-electron chi connectivity index (χ0n) is 10.9. The zero-order chi connectivity index (χ0) is 14.8. The third-order valence-electron chi connectivity index (χ3n) is 3.08. The lowest BCUT2D eigenvalue weighted by Crippen LogP contribution is -2.14. The van der Waals surface area contributed by atoms with E-state index in [4.69, 9.17) is 5.11 Å². The molecule has 0 bridgehead atoms. The van der Waals surface area contributed by atoms with Gasteiger partial charge < -0.3 is 10.4 Å². The van der Waals surface area contributed by atoms with Crippen LogP contribution >= 0.6 is 0 Å². The number of fused-ring (bicyclic) bond motifs is 1. The average Bonchev–Trinajstić information content (AvgIpc) is 2.47. The molecule has 0 atom stereocenters. The molecule has 104 valence electrons. The second kappa shape index (κ2) is 5.20. The molecule has 0 fully saturated rings. The molecule has 1 aromatic heterocycles. The van der Waals surface area contributed by atoms with Crippen LogP contribution in [0.4, 0.5) is 10.1 Å². The van der Waals surface area contributed by atoms with E-state index in [-0.39, 0.29) is 11.3 Å². The smallest absolute Gasteiger partial charge is 0.258 e. The molecule has 0 aliphatic carbocycles. The van der Waals surface area contributed by atoms with Gasteiger partial charge in [0.1, 0.15) is 11.6 Å². The van der Waals surface area contributed by atoms with E-state index < -0.39 is 11.7 Å². The molecule has 2 N–H and O–H groups in total. The number of aromatic hydroxyl groups is 1. The van der Waals surface area contributed by atoms with Gasteiger partial charge in [0.25, 0.3) is 5.91 Å². The Bertz CT molecular complexity index is 828. The van der Waals surface area contributed by atoms with Crippen LogP contribution in [-0.2, 0) is 0 Å². The highest BCUT2D eigenvalue weighted by atomic mass is 19.1. The Morgan fingerprint density at radius 3 is 2.76 bits per heavy atom. The van der Waals surface area contributed by atoms with Crippen LogP contribution in [-0.4, -0.2) is 16.0 Å². The van der Waals surface area contributed by atoms with Gasteiger partial charge in [0.15, 0.2) is 0 Å². The Morgan fingerprint density at radius 1 is 1.14 bits per heavy atom. The summed E-state index contributed by atoms with van der Waals surface area (Å²) in [5.41, 5.74) is 0.999. The average molecular weight is 282 g/mol. The van der Waals surface area contributed by atoms with Gasteiger partial charge in [-0.25, -0.2) is 4.39 Å². The number of hydrogen-bond donors (Lipinski definition) is 2. The highest BCUT2D eigenvalue weighted by Gasteiger charge is 2.13. The molecule has 1 heterocycles.